The highest BCUT2D eigenvalue weighted by molar-refractivity contribution is 7.89. The van der Waals surface area contributed by atoms with Crippen molar-refractivity contribution in [1.29, 1.82) is 0 Å². The Balaban J connectivity index is 2.36. The van der Waals surface area contributed by atoms with Gasteiger partial charge in [-0.1, -0.05) is 25.1 Å². The lowest BCUT2D eigenvalue weighted by Gasteiger charge is -2.19. The molecule has 1 aromatic carbocycles. The van der Waals surface area contributed by atoms with Gasteiger partial charge in [0, 0.05) is 24.7 Å². The average molecular weight is 351 g/mol. The fourth-order valence-corrected chi connectivity index (χ4v) is 3.81. The van der Waals surface area contributed by atoms with Gasteiger partial charge in [-0.25, -0.2) is 8.42 Å². The maximum Gasteiger partial charge on any atom is 0.257 e. The van der Waals surface area contributed by atoms with E-state index < -0.39 is 15.9 Å². The van der Waals surface area contributed by atoms with E-state index in [1.54, 1.807) is 39.8 Å². The second kappa shape index (κ2) is 7.14. The molecule has 0 aliphatic heterocycles. The van der Waals surface area contributed by atoms with Crippen LogP contribution in [0, 0.1) is 13.8 Å². The predicted octanol–water partition coefficient (Wildman–Crippen LogP) is 2.57. The first-order valence-corrected chi connectivity index (χ1v) is 9.09. The zero-order valence-corrected chi connectivity index (χ0v) is 15.0. The molecule has 0 radical (unpaired) electrons. The van der Waals surface area contributed by atoms with Gasteiger partial charge in [-0.2, -0.15) is 4.31 Å². The molecule has 1 aromatic heterocycles. The van der Waals surface area contributed by atoms with E-state index in [0.717, 1.165) is 0 Å². The van der Waals surface area contributed by atoms with Crippen LogP contribution < -0.4 is 5.32 Å². The fourth-order valence-electron chi connectivity index (χ4n) is 2.33. The van der Waals surface area contributed by atoms with Crippen molar-refractivity contribution >= 4 is 21.7 Å². The van der Waals surface area contributed by atoms with Gasteiger partial charge in [0.15, 0.2) is 5.82 Å². The minimum atomic E-state index is -3.62. The highest BCUT2D eigenvalue weighted by Crippen LogP contribution is 2.20. The van der Waals surface area contributed by atoms with Crippen LogP contribution in [0.4, 0.5) is 5.82 Å². The largest absolute Gasteiger partial charge is 0.360 e. The normalized spacial score (nSPS) is 11.7. The maximum atomic E-state index is 12.6. The monoisotopic (exact) mass is 351 g/mol. The van der Waals surface area contributed by atoms with Gasteiger partial charge in [-0.05, 0) is 31.5 Å². The zero-order valence-electron chi connectivity index (χ0n) is 14.2. The molecular formula is C16H21N3O4S. The summed E-state index contributed by atoms with van der Waals surface area (Å²) in [6, 6.07) is 6.12. The molecule has 0 fully saturated rings. The van der Waals surface area contributed by atoms with Crippen molar-refractivity contribution in [2.45, 2.75) is 32.6 Å². The van der Waals surface area contributed by atoms with Crippen molar-refractivity contribution in [3.8, 4) is 0 Å². The SMILES string of the molecule is CCN(CC)S(=O)(=O)c1ccc(C)c(C(=O)Nc2cc(C)on2)c1. The highest BCUT2D eigenvalue weighted by atomic mass is 32.2. The van der Waals surface area contributed by atoms with Crippen molar-refractivity contribution < 1.29 is 17.7 Å². The minimum absolute atomic E-state index is 0.0956. The third kappa shape index (κ3) is 3.65. The number of benzene rings is 1. The number of rotatable bonds is 6. The molecule has 0 bridgehead atoms. The van der Waals surface area contributed by atoms with Gasteiger partial charge < -0.3 is 9.84 Å². The Bertz CT molecular complexity index is 839. The molecule has 0 aliphatic carbocycles. The number of anilines is 1. The Morgan fingerprint density at radius 1 is 1.21 bits per heavy atom. The molecule has 2 rings (SSSR count). The molecule has 130 valence electrons. The van der Waals surface area contributed by atoms with Crippen molar-refractivity contribution in [3.63, 3.8) is 0 Å². The molecule has 0 aliphatic rings. The van der Waals surface area contributed by atoms with E-state index in [0.29, 0.717) is 24.4 Å². The molecule has 8 heteroatoms. The Labute approximate surface area is 141 Å². The van der Waals surface area contributed by atoms with Gasteiger partial charge in [0.05, 0.1) is 4.90 Å². The summed E-state index contributed by atoms with van der Waals surface area (Å²) >= 11 is 0. The van der Waals surface area contributed by atoms with Crippen LogP contribution in [0.25, 0.3) is 0 Å². The highest BCUT2D eigenvalue weighted by Gasteiger charge is 2.23. The number of amides is 1. The van der Waals surface area contributed by atoms with Crippen LogP contribution in [0.15, 0.2) is 33.7 Å². The molecule has 0 saturated carbocycles. The summed E-state index contributed by atoms with van der Waals surface area (Å²) in [4.78, 5) is 12.5. The summed E-state index contributed by atoms with van der Waals surface area (Å²) < 4.78 is 31.5. The van der Waals surface area contributed by atoms with E-state index in [2.05, 4.69) is 10.5 Å². The summed E-state index contributed by atoms with van der Waals surface area (Å²) in [5.74, 6) is 0.422. The predicted molar refractivity (Wildman–Crippen MR) is 90.5 cm³/mol. The number of carbonyl (C=O) groups excluding carboxylic acids is 1. The Hall–Kier alpha value is -2.19. The van der Waals surface area contributed by atoms with Gasteiger partial charge in [-0.15, -0.1) is 0 Å². The first-order chi connectivity index (χ1) is 11.3. The summed E-state index contributed by atoms with van der Waals surface area (Å²) in [6.07, 6.45) is 0. The lowest BCUT2D eigenvalue weighted by atomic mass is 10.1. The van der Waals surface area contributed by atoms with Crippen LogP contribution in [-0.4, -0.2) is 36.9 Å². The van der Waals surface area contributed by atoms with E-state index in [-0.39, 0.29) is 16.3 Å². The molecule has 0 unspecified atom stereocenters. The van der Waals surface area contributed by atoms with Gasteiger partial charge in [0.1, 0.15) is 5.76 Å². The van der Waals surface area contributed by atoms with Crippen LogP contribution >= 0.6 is 0 Å². The van der Waals surface area contributed by atoms with E-state index in [9.17, 15) is 13.2 Å². The first-order valence-electron chi connectivity index (χ1n) is 7.65. The number of hydrogen-bond acceptors (Lipinski definition) is 5. The summed E-state index contributed by atoms with van der Waals surface area (Å²) in [5.41, 5.74) is 0.954. The van der Waals surface area contributed by atoms with Crippen molar-refractivity contribution in [1.82, 2.24) is 9.46 Å². The number of aryl methyl sites for hydroxylation is 2. The second-order valence-corrected chi connectivity index (χ2v) is 7.28. The summed E-state index contributed by atoms with van der Waals surface area (Å²) in [6.45, 7) is 7.74. The second-order valence-electron chi connectivity index (χ2n) is 5.34. The quantitative estimate of drug-likeness (QED) is 0.863. The number of aromatic nitrogens is 1. The van der Waals surface area contributed by atoms with Gasteiger partial charge in [0.2, 0.25) is 10.0 Å². The number of hydrogen-bond donors (Lipinski definition) is 1. The first kappa shape index (κ1) is 18.2. The number of carbonyl (C=O) groups is 1. The molecule has 1 N–H and O–H groups in total. The van der Waals surface area contributed by atoms with Gasteiger partial charge in [-0.3, -0.25) is 4.79 Å². The van der Waals surface area contributed by atoms with Crippen LogP contribution in [0.2, 0.25) is 0 Å². The lowest BCUT2D eigenvalue weighted by molar-refractivity contribution is 0.102. The summed E-state index contributed by atoms with van der Waals surface area (Å²) in [7, 11) is -3.62. The van der Waals surface area contributed by atoms with Crippen molar-refractivity contribution in [3.05, 3.63) is 41.2 Å². The van der Waals surface area contributed by atoms with E-state index >= 15 is 0 Å². The maximum absolute atomic E-state index is 12.6. The fraction of sp³-hybridized carbons (Fsp3) is 0.375. The Kier molecular flexibility index (Phi) is 5.40. The molecule has 0 atom stereocenters. The molecule has 1 amide bonds. The number of nitrogens with one attached hydrogen (secondary N) is 1. The topological polar surface area (TPSA) is 92.5 Å². The molecule has 1 heterocycles. The number of nitrogens with zero attached hydrogens (tertiary/aromatic N) is 2. The molecule has 24 heavy (non-hydrogen) atoms. The lowest BCUT2D eigenvalue weighted by Crippen LogP contribution is -2.30. The Morgan fingerprint density at radius 2 is 1.88 bits per heavy atom. The standard InChI is InChI=1S/C16H21N3O4S/c1-5-19(6-2)24(21,22)13-8-7-11(3)14(10-13)16(20)17-15-9-12(4)23-18-15/h7-10H,5-6H2,1-4H3,(H,17,18,20). The molecular weight excluding hydrogens is 330 g/mol. The number of sulfonamides is 1. The molecule has 2 aromatic rings. The van der Waals surface area contributed by atoms with Crippen molar-refractivity contribution in [2.75, 3.05) is 18.4 Å². The van der Waals surface area contributed by atoms with E-state index in [4.69, 9.17) is 4.52 Å². The van der Waals surface area contributed by atoms with E-state index in [1.807, 2.05) is 0 Å². The summed E-state index contributed by atoms with van der Waals surface area (Å²) in [5, 5.41) is 6.31. The minimum Gasteiger partial charge on any atom is -0.360 e. The molecule has 0 spiro atoms. The van der Waals surface area contributed by atoms with Crippen molar-refractivity contribution in [2.24, 2.45) is 0 Å². The zero-order chi connectivity index (χ0) is 17.9. The van der Waals surface area contributed by atoms with Crippen LogP contribution in [-0.2, 0) is 10.0 Å². The van der Waals surface area contributed by atoms with Gasteiger partial charge >= 0.3 is 0 Å². The van der Waals surface area contributed by atoms with Crippen LogP contribution in [0.5, 0.6) is 0 Å². The smallest absolute Gasteiger partial charge is 0.257 e. The Morgan fingerprint density at radius 3 is 2.42 bits per heavy atom. The molecule has 7 nitrogen and oxygen atoms in total. The average Bonchev–Trinajstić information content (AvgIpc) is 2.93. The van der Waals surface area contributed by atoms with E-state index in [1.165, 1.54) is 16.4 Å². The third-order valence-electron chi connectivity index (χ3n) is 3.67. The molecule has 0 saturated heterocycles. The van der Waals surface area contributed by atoms with Gasteiger partial charge in [0.25, 0.3) is 5.91 Å². The van der Waals surface area contributed by atoms with Crippen LogP contribution in [0.1, 0.15) is 35.5 Å². The third-order valence-corrected chi connectivity index (χ3v) is 5.71. The van der Waals surface area contributed by atoms with Crippen LogP contribution in [0.3, 0.4) is 0 Å².